The Hall–Kier alpha value is -0.0800. The first-order valence-electron chi connectivity index (χ1n) is 5.95. The minimum absolute atomic E-state index is 0.332. The van der Waals surface area contributed by atoms with E-state index in [-0.39, 0.29) is 0 Å². The molecule has 4 aliphatic rings. The van der Waals surface area contributed by atoms with Gasteiger partial charge in [-0.15, -0.1) is 0 Å². The molecular weight excluding hydrogens is 176 g/mol. The molecule has 0 amide bonds. The Labute approximate surface area is 85.0 Å². The lowest BCUT2D eigenvalue weighted by molar-refractivity contribution is -0.174. The molecule has 4 fully saturated rings. The normalized spacial score (nSPS) is 43.1. The van der Waals surface area contributed by atoms with Crippen LogP contribution in [0.2, 0.25) is 0 Å². The van der Waals surface area contributed by atoms with Crippen molar-refractivity contribution in [3.05, 3.63) is 0 Å². The van der Waals surface area contributed by atoms with Crippen molar-refractivity contribution in [1.29, 1.82) is 0 Å². The highest BCUT2D eigenvalue weighted by Gasteiger charge is 2.81. The van der Waals surface area contributed by atoms with Crippen molar-refractivity contribution in [1.82, 2.24) is 0 Å². The third-order valence-corrected chi connectivity index (χ3v) is 5.48. The summed E-state index contributed by atoms with van der Waals surface area (Å²) in [7, 11) is 1.86. The molecule has 1 heterocycles. The van der Waals surface area contributed by atoms with Gasteiger partial charge in [-0.25, -0.2) is 0 Å². The van der Waals surface area contributed by atoms with Gasteiger partial charge < -0.3 is 9.47 Å². The molecule has 14 heavy (non-hydrogen) atoms. The zero-order valence-corrected chi connectivity index (χ0v) is 8.84. The van der Waals surface area contributed by atoms with Gasteiger partial charge in [-0.1, -0.05) is 0 Å². The molecule has 1 aliphatic heterocycles. The number of hydrogen-bond donors (Lipinski definition) is 0. The molecule has 0 unspecified atom stereocenters. The van der Waals surface area contributed by atoms with Crippen LogP contribution in [0.15, 0.2) is 0 Å². The largest absolute Gasteiger partial charge is 0.378 e. The molecule has 3 saturated carbocycles. The van der Waals surface area contributed by atoms with Gasteiger partial charge in [-0.2, -0.15) is 0 Å². The van der Waals surface area contributed by atoms with Gasteiger partial charge in [0.2, 0.25) is 0 Å². The Morgan fingerprint density at radius 3 is 2.21 bits per heavy atom. The molecule has 0 aromatic carbocycles. The zero-order chi connectivity index (χ0) is 9.44. The lowest BCUT2D eigenvalue weighted by Crippen LogP contribution is -2.50. The monoisotopic (exact) mass is 194 g/mol. The summed E-state index contributed by atoms with van der Waals surface area (Å²) in [5, 5.41) is 0. The molecule has 2 heteroatoms. The Bertz CT molecular complexity index is 285. The zero-order valence-electron chi connectivity index (χ0n) is 8.84. The highest BCUT2D eigenvalue weighted by molar-refractivity contribution is 5.30. The number of hydrogen-bond acceptors (Lipinski definition) is 2. The van der Waals surface area contributed by atoms with Crippen LogP contribution < -0.4 is 0 Å². The van der Waals surface area contributed by atoms with Crippen LogP contribution in [0.3, 0.4) is 0 Å². The van der Waals surface area contributed by atoms with Crippen LogP contribution in [-0.4, -0.2) is 25.4 Å². The van der Waals surface area contributed by atoms with Crippen molar-refractivity contribution < 1.29 is 9.47 Å². The SMILES string of the molecule is CO[C@@H]1COC2(CC2)C2(CC2)C12CC2. The molecule has 0 N–H and O–H groups in total. The number of rotatable bonds is 1. The molecule has 3 spiro atoms. The van der Waals surface area contributed by atoms with Gasteiger partial charge in [0, 0.05) is 17.9 Å². The molecule has 3 aliphatic carbocycles. The highest BCUT2D eigenvalue weighted by Crippen LogP contribution is 2.82. The van der Waals surface area contributed by atoms with Crippen LogP contribution in [0.4, 0.5) is 0 Å². The van der Waals surface area contributed by atoms with E-state index in [0.717, 1.165) is 6.61 Å². The molecule has 4 rings (SSSR count). The van der Waals surface area contributed by atoms with E-state index in [2.05, 4.69) is 0 Å². The maximum Gasteiger partial charge on any atom is 0.0867 e. The van der Waals surface area contributed by atoms with Gasteiger partial charge in [-0.05, 0) is 38.5 Å². The third kappa shape index (κ3) is 0.646. The first-order chi connectivity index (χ1) is 6.79. The van der Waals surface area contributed by atoms with Crippen molar-refractivity contribution >= 4 is 0 Å². The van der Waals surface area contributed by atoms with E-state index >= 15 is 0 Å². The van der Waals surface area contributed by atoms with E-state index in [9.17, 15) is 0 Å². The second-order valence-electron chi connectivity index (χ2n) is 5.77. The fourth-order valence-electron chi connectivity index (χ4n) is 4.34. The van der Waals surface area contributed by atoms with Gasteiger partial charge in [0.25, 0.3) is 0 Å². The quantitative estimate of drug-likeness (QED) is 0.636. The summed E-state index contributed by atoms with van der Waals surface area (Å²) < 4.78 is 11.7. The first kappa shape index (κ1) is 8.12. The maximum atomic E-state index is 6.11. The number of fused-ring (bicyclic) bond motifs is 2. The van der Waals surface area contributed by atoms with Gasteiger partial charge in [0.1, 0.15) is 0 Å². The lowest BCUT2D eigenvalue weighted by Gasteiger charge is -2.45. The van der Waals surface area contributed by atoms with E-state index in [1.165, 1.54) is 38.5 Å². The predicted molar refractivity (Wildman–Crippen MR) is 52.0 cm³/mol. The Morgan fingerprint density at radius 2 is 1.79 bits per heavy atom. The van der Waals surface area contributed by atoms with E-state index in [1.807, 2.05) is 7.11 Å². The summed E-state index contributed by atoms with van der Waals surface area (Å²) in [5.41, 5.74) is 1.45. The van der Waals surface area contributed by atoms with E-state index in [0.29, 0.717) is 22.5 Å². The molecule has 1 atom stereocenters. The third-order valence-electron chi connectivity index (χ3n) is 5.48. The average Bonchev–Trinajstić information content (AvgIpc) is 2.99. The van der Waals surface area contributed by atoms with Crippen molar-refractivity contribution in [3.8, 4) is 0 Å². The summed E-state index contributed by atoms with van der Waals surface area (Å²) in [4.78, 5) is 0. The molecule has 2 nitrogen and oxygen atoms in total. The van der Waals surface area contributed by atoms with Crippen LogP contribution in [0, 0.1) is 10.8 Å². The summed E-state index contributed by atoms with van der Waals surface area (Å²) >= 11 is 0. The van der Waals surface area contributed by atoms with E-state index < -0.39 is 0 Å². The summed E-state index contributed by atoms with van der Waals surface area (Å²) in [6.45, 7) is 0.859. The van der Waals surface area contributed by atoms with Crippen molar-refractivity contribution in [2.75, 3.05) is 13.7 Å². The van der Waals surface area contributed by atoms with Crippen molar-refractivity contribution in [2.45, 2.75) is 50.2 Å². The minimum atomic E-state index is 0.332. The number of methoxy groups -OCH3 is 1. The summed E-state index contributed by atoms with van der Waals surface area (Å²) in [6.07, 6.45) is 8.67. The van der Waals surface area contributed by atoms with Crippen molar-refractivity contribution in [2.24, 2.45) is 10.8 Å². The van der Waals surface area contributed by atoms with Gasteiger partial charge in [-0.3, -0.25) is 0 Å². The fraction of sp³-hybridized carbons (Fsp3) is 1.00. The standard InChI is InChI=1S/C12H18O2/c1-13-9-8-14-12(6-7-12)11(4-5-11)10(9)2-3-10/h9H,2-8H2,1H3/t9-/m1/s1. The average molecular weight is 194 g/mol. The Morgan fingerprint density at radius 1 is 1.07 bits per heavy atom. The molecule has 0 aromatic rings. The van der Waals surface area contributed by atoms with Crippen LogP contribution in [0.25, 0.3) is 0 Å². The van der Waals surface area contributed by atoms with Crippen LogP contribution in [0.1, 0.15) is 38.5 Å². The Balaban J connectivity index is 1.76. The second-order valence-corrected chi connectivity index (χ2v) is 5.77. The summed E-state index contributed by atoms with van der Waals surface area (Å²) in [6, 6.07) is 0. The molecule has 0 bridgehead atoms. The topological polar surface area (TPSA) is 18.5 Å². The van der Waals surface area contributed by atoms with Gasteiger partial charge >= 0.3 is 0 Å². The smallest absolute Gasteiger partial charge is 0.0867 e. The molecular formula is C12H18O2. The Kier molecular flexibility index (Phi) is 1.19. The first-order valence-corrected chi connectivity index (χ1v) is 5.95. The van der Waals surface area contributed by atoms with Crippen LogP contribution in [-0.2, 0) is 9.47 Å². The van der Waals surface area contributed by atoms with E-state index in [1.54, 1.807) is 0 Å². The minimum Gasteiger partial charge on any atom is -0.378 e. The fourth-order valence-corrected chi connectivity index (χ4v) is 4.34. The molecule has 0 aromatic heterocycles. The molecule has 78 valence electrons. The molecule has 1 saturated heterocycles. The molecule has 0 radical (unpaired) electrons. The van der Waals surface area contributed by atoms with Crippen LogP contribution in [0.5, 0.6) is 0 Å². The highest BCUT2D eigenvalue weighted by atomic mass is 16.6. The second kappa shape index (κ2) is 2.05. The van der Waals surface area contributed by atoms with Crippen molar-refractivity contribution in [3.63, 3.8) is 0 Å². The number of ether oxygens (including phenoxy) is 2. The van der Waals surface area contributed by atoms with Gasteiger partial charge in [0.05, 0.1) is 18.3 Å². The lowest BCUT2D eigenvalue weighted by atomic mass is 9.73. The summed E-state index contributed by atoms with van der Waals surface area (Å²) in [5.74, 6) is 0. The van der Waals surface area contributed by atoms with Gasteiger partial charge in [0.15, 0.2) is 0 Å². The predicted octanol–water partition coefficient (Wildman–Crippen LogP) is 2.12. The maximum absolute atomic E-state index is 6.11. The van der Waals surface area contributed by atoms with Crippen LogP contribution >= 0.6 is 0 Å². The van der Waals surface area contributed by atoms with E-state index in [4.69, 9.17) is 9.47 Å².